The van der Waals surface area contributed by atoms with Crippen molar-refractivity contribution in [1.29, 1.82) is 0 Å². The van der Waals surface area contributed by atoms with Crippen molar-refractivity contribution in [2.45, 2.75) is 31.6 Å². The highest BCUT2D eigenvalue weighted by molar-refractivity contribution is 6.07. The maximum Gasteiger partial charge on any atom is 0.408 e. The summed E-state index contributed by atoms with van der Waals surface area (Å²) >= 11 is 0. The molecule has 5 heterocycles. The van der Waals surface area contributed by atoms with Crippen LogP contribution in [-0.2, 0) is 0 Å². The van der Waals surface area contributed by atoms with Gasteiger partial charge in [-0.05, 0) is 37.6 Å². The van der Waals surface area contributed by atoms with Crippen LogP contribution in [0.2, 0.25) is 0 Å². The second kappa shape index (κ2) is 7.60. The smallest absolute Gasteiger partial charge is 0.366 e. The summed E-state index contributed by atoms with van der Waals surface area (Å²) in [6.45, 7) is 2.13. The minimum Gasteiger partial charge on any atom is -0.366 e. The molecule has 172 valence electrons. The fourth-order valence-corrected chi connectivity index (χ4v) is 4.06. The maximum absolute atomic E-state index is 13.3. The van der Waals surface area contributed by atoms with Crippen LogP contribution >= 0.6 is 0 Å². The van der Waals surface area contributed by atoms with Gasteiger partial charge in [0, 0.05) is 19.3 Å². The van der Waals surface area contributed by atoms with Gasteiger partial charge < -0.3 is 10.2 Å². The van der Waals surface area contributed by atoms with Crippen LogP contribution in [0.1, 0.15) is 23.8 Å². The van der Waals surface area contributed by atoms with Crippen molar-refractivity contribution in [1.82, 2.24) is 25.5 Å². The molecule has 0 unspecified atom stereocenters. The summed E-state index contributed by atoms with van der Waals surface area (Å²) in [5, 5.41) is 12.1. The lowest BCUT2D eigenvalue weighted by atomic mass is 10.1. The van der Waals surface area contributed by atoms with Gasteiger partial charge in [0.25, 0.3) is 5.91 Å². The highest BCUT2D eigenvalue weighted by Gasteiger charge is 2.41. The largest absolute Gasteiger partial charge is 0.408 e. The Morgan fingerprint density at radius 3 is 2.88 bits per heavy atom. The van der Waals surface area contributed by atoms with Crippen LogP contribution in [0.3, 0.4) is 0 Å². The van der Waals surface area contributed by atoms with Crippen LogP contribution in [0, 0.1) is 0 Å². The molecule has 2 atom stereocenters. The summed E-state index contributed by atoms with van der Waals surface area (Å²) < 4.78 is 38.6. The normalized spacial score (nSPS) is 18.2. The molecule has 0 aromatic carbocycles. The first-order valence-electron chi connectivity index (χ1n) is 10.3. The van der Waals surface area contributed by atoms with Gasteiger partial charge in [-0.1, -0.05) is 0 Å². The lowest BCUT2D eigenvalue weighted by molar-refractivity contribution is -0.149. The second-order valence-corrected chi connectivity index (χ2v) is 7.94. The summed E-state index contributed by atoms with van der Waals surface area (Å²) in [5.74, 6) is -0.393. The predicted molar refractivity (Wildman–Crippen MR) is 113 cm³/mol. The van der Waals surface area contributed by atoms with Gasteiger partial charge in [0.05, 0.1) is 17.1 Å². The quantitative estimate of drug-likeness (QED) is 0.553. The molecule has 0 saturated carbocycles. The Balaban J connectivity index is 1.45. The Morgan fingerprint density at radius 2 is 2.09 bits per heavy atom. The number of anilines is 3. The van der Waals surface area contributed by atoms with Crippen LogP contribution < -0.4 is 20.4 Å². The van der Waals surface area contributed by atoms with Crippen molar-refractivity contribution in [3.63, 3.8) is 0 Å². The first-order valence-corrected chi connectivity index (χ1v) is 10.3. The van der Waals surface area contributed by atoms with Crippen molar-refractivity contribution in [2.75, 3.05) is 28.2 Å². The number of rotatable bonds is 3. The zero-order chi connectivity index (χ0) is 23.3. The van der Waals surface area contributed by atoms with Gasteiger partial charge in [-0.3, -0.25) is 20.1 Å². The molecular formula is C20H19F3N8O2. The molecule has 1 fully saturated rings. The van der Waals surface area contributed by atoms with Crippen LogP contribution in [0.5, 0.6) is 0 Å². The summed E-state index contributed by atoms with van der Waals surface area (Å²) in [6.07, 6.45) is -2.32. The van der Waals surface area contributed by atoms with E-state index in [0.717, 1.165) is 6.92 Å². The zero-order valence-corrected chi connectivity index (χ0v) is 17.3. The summed E-state index contributed by atoms with van der Waals surface area (Å²) in [4.78, 5) is 37.6. The van der Waals surface area contributed by atoms with Crippen LogP contribution in [-0.4, -0.2) is 63.5 Å². The number of H-pyrrole nitrogens is 1. The first-order chi connectivity index (χ1) is 15.7. The SMILES string of the molecule is C[C@@H](NC(=O)c1ccc2c(n1)N(C(=O)Nc1[nH]nc3ncccc13)[C@H]1CCN2C1)C(F)(F)F. The third-order valence-electron chi connectivity index (χ3n) is 5.80. The zero-order valence-electron chi connectivity index (χ0n) is 17.3. The van der Waals surface area contributed by atoms with E-state index in [1.165, 1.54) is 11.0 Å². The second-order valence-electron chi connectivity index (χ2n) is 7.94. The van der Waals surface area contributed by atoms with Gasteiger partial charge in [-0.25, -0.2) is 14.8 Å². The molecule has 3 N–H and O–H groups in total. The molecule has 0 radical (unpaired) electrons. The number of aromatic nitrogens is 4. The van der Waals surface area contributed by atoms with Gasteiger partial charge in [0.2, 0.25) is 0 Å². The molecule has 2 aliphatic heterocycles. The Bertz CT molecular complexity index is 1240. The lowest BCUT2D eigenvalue weighted by Crippen LogP contribution is -2.49. The molecule has 33 heavy (non-hydrogen) atoms. The Morgan fingerprint density at radius 1 is 1.27 bits per heavy atom. The number of nitrogens with zero attached hydrogens (tertiary/aromatic N) is 5. The number of hydrogen-bond donors (Lipinski definition) is 3. The molecule has 2 aliphatic rings. The molecular weight excluding hydrogens is 441 g/mol. The Kier molecular flexibility index (Phi) is 4.83. The molecule has 3 aromatic heterocycles. The number of amides is 3. The number of carbonyl (C=O) groups is 2. The van der Waals surface area contributed by atoms with Crippen molar-refractivity contribution in [3.05, 3.63) is 36.2 Å². The standard InChI is InChI=1S/C20H19F3N8O2/c1-10(20(21,22)23)25-18(32)13-4-5-14-17(26-13)31(11-6-8-30(14)9-11)19(33)27-16-12-3-2-7-24-15(12)28-29-16/h2-5,7,10-11H,6,8-9H2,1H3,(H,25,32)(H2,24,27,28,29,33)/t10-,11+/m1/s1. The Labute approximate surface area is 185 Å². The van der Waals surface area contributed by atoms with E-state index in [9.17, 15) is 22.8 Å². The van der Waals surface area contributed by atoms with Crippen LogP contribution in [0.4, 0.5) is 35.3 Å². The minimum absolute atomic E-state index is 0.204. The van der Waals surface area contributed by atoms with E-state index in [0.29, 0.717) is 42.0 Å². The third kappa shape index (κ3) is 3.68. The summed E-state index contributed by atoms with van der Waals surface area (Å²) in [5.41, 5.74) is 0.867. The number of halogens is 3. The summed E-state index contributed by atoms with van der Waals surface area (Å²) in [7, 11) is 0. The monoisotopic (exact) mass is 460 g/mol. The van der Waals surface area contributed by atoms with Crippen molar-refractivity contribution >= 4 is 40.3 Å². The number of urea groups is 1. The number of hydrogen-bond acceptors (Lipinski definition) is 6. The number of pyridine rings is 2. The van der Waals surface area contributed by atoms with E-state index in [4.69, 9.17) is 0 Å². The van der Waals surface area contributed by atoms with E-state index in [1.54, 1.807) is 24.4 Å². The average molecular weight is 460 g/mol. The average Bonchev–Trinajstić information content (AvgIpc) is 3.38. The molecule has 10 nitrogen and oxygen atoms in total. The minimum atomic E-state index is -4.58. The molecule has 0 spiro atoms. The molecule has 13 heteroatoms. The van der Waals surface area contributed by atoms with Crippen molar-refractivity contribution in [3.8, 4) is 0 Å². The number of carbonyl (C=O) groups excluding carboxylic acids is 2. The molecule has 2 bridgehead atoms. The van der Waals surface area contributed by atoms with E-state index >= 15 is 0 Å². The Hall–Kier alpha value is -3.90. The van der Waals surface area contributed by atoms with E-state index in [2.05, 4.69) is 25.5 Å². The molecule has 1 saturated heterocycles. The lowest BCUT2D eigenvalue weighted by Gasteiger charge is -2.35. The van der Waals surface area contributed by atoms with Gasteiger partial charge >= 0.3 is 12.2 Å². The van der Waals surface area contributed by atoms with Gasteiger partial charge in [0.1, 0.15) is 17.6 Å². The molecule has 0 aliphatic carbocycles. The molecule has 3 aromatic rings. The first kappa shape index (κ1) is 21.0. The highest BCUT2D eigenvalue weighted by Crippen LogP contribution is 2.39. The topological polar surface area (TPSA) is 119 Å². The fourth-order valence-electron chi connectivity index (χ4n) is 4.06. The van der Waals surface area contributed by atoms with Crippen molar-refractivity contribution in [2.24, 2.45) is 0 Å². The molecule has 5 rings (SSSR count). The van der Waals surface area contributed by atoms with Gasteiger partial charge in [-0.2, -0.15) is 18.3 Å². The predicted octanol–water partition coefficient (Wildman–Crippen LogP) is 2.66. The number of fused-ring (bicyclic) bond motifs is 5. The van der Waals surface area contributed by atoms with E-state index < -0.39 is 24.2 Å². The van der Waals surface area contributed by atoms with Crippen molar-refractivity contribution < 1.29 is 22.8 Å². The van der Waals surface area contributed by atoms with Crippen LogP contribution in [0.25, 0.3) is 11.0 Å². The summed E-state index contributed by atoms with van der Waals surface area (Å²) in [6, 6.07) is 3.70. The van der Waals surface area contributed by atoms with E-state index in [1.807, 2.05) is 10.2 Å². The fraction of sp³-hybridized carbons (Fsp3) is 0.350. The number of alkyl halides is 3. The number of aromatic amines is 1. The van der Waals surface area contributed by atoms with Gasteiger partial charge in [0.15, 0.2) is 11.5 Å². The maximum atomic E-state index is 13.3. The third-order valence-corrected chi connectivity index (χ3v) is 5.80. The van der Waals surface area contributed by atoms with Crippen LogP contribution in [0.15, 0.2) is 30.5 Å². The number of nitrogens with one attached hydrogen (secondary N) is 3. The highest BCUT2D eigenvalue weighted by atomic mass is 19.4. The molecule has 3 amide bonds. The van der Waals surface area contributed by atoms with E-state index in [-0.39, 0.29) is 17.6 Å². The van der Waals surface area contributed by atoms with Gasteiger partial charge in [-0.15, -0.1) is 0 Å².